The van der Waals surface area contributed by atoms with E-state index in [-0.39, 0.29) is 25.4 Å². The first-order valence-electron chi connectivity index (χ1n) is 8.60. The van der Waals surface area contributed by atoms with Gasteiger partial charge in [0.2, 0.25) is 5.91 Å². The van der Waals surface area contributed by atoms with Crippen LogP contribution < -0.4 is 11.1 Å². The number of nitrogens with two attached hydrogens (primary N) is 1. The van der Waals surface area contributed by atoms with Crippen LogP contribution in [0.3, 0.4) is 0 Å². The van der Waals surface area contributed by atoms with Crippen LogP contribution in [0, 0.1) is 0 Å². The van der Waals surface area contributed by atoms with Gasteiger partial charge < -0.3 is 20.9 Å². The lowest BCUT2D eigenvalue weighted by atomic mass is 9.98. The lowest BCUT2D eigenvalue weighted by Gasteiger charge is -2.17. The van der Waals surface area contributed by atoms with Crippen molar-refractivity contribution < 1.29 is 24.2 Å². The highest BCUT2D eigenvalue weighted by Crippen LogP contribution is 2.44. The summed E-state index contributed by atoms with van der Waals surface area (Å²) in [5.74, 6) is -1.99. The third-order valence-corrected chi connectivity index (χ3v) is 4.61. The number of primary amides is 1. The summed E-state index contributed by atoms with van der Waals surface area (Å²) < 4.78 is 5.30. The first kappa shape index (κ1) is 18.4. The fourth-order valence-corrected chi connectivity index (χ4v) is 3.33. The normalized spacial score (nSPS) is 13.3. The van der Waals surface area contributed by atoms with Gasteiger partial charge in [0.25, 0.3) is 0 Å². The number of aliphatic carboxylic acids is 1. The number of carboxylic acids is 1. The molecule has 0 unspecified atom stereocenters. The second kappa shape index (κ2) is 7.90. The van der Waals surface area contributed by atoms with Crippen molar-refractivity contribution in [2.75, 3.05) is 6.61 Å². The highest BCUT2D eigenvalue weighted by atomic mass is 16.5. The van der Waals surface area contributed by atoms with Gasteiger partial charge in [-0.2, -0.15) is 0 Å². The van der Waals surface area contributed by atoms with Crippen LogP contribution in [-0.4, -0.2) is 35.7 Å². The van der Waals surface area contributed by atoms with Crippen LogP contribution in [0.1, 0.15) is 29.9 Å². The van der Waals surface area contributed by atoms with E-state index in [4.69, 9.17) is 15.6 Å². The molecule has 0 heterocycles. The maximum atomic E-state index is 12.1. The summed E-state index contributed by atoms with van der Waals surface area (Å²) in [6.45, 7) is 0.0853. The van der Waals surface area contributed by atoms with E-state index in [0.717, 1.165) is 22.3 Å². The van der Waals surface area contributed by atoms with Crippen LogP contribution in [0.2, 0.25) is 0 Å². The Morgan fingerprint density at radius 3 is 2.11 bits per heavy atom. The number of amides is 2. The number of benzene rings is 2. The number of hydrogen-bond acceptors (Lipinski definition) is 4. The predicted octanol–water partition coefficient (Wildman–Crippen LogP) is 2.24. The van der Waals surface area contributed by atoms with E-state index in [1.54, 1.807) is 0 Å². The van der Waals surface area contributed by atoms with E-state index in [1.807, 2.05) is 48.5 Å². The monoisotopic (exact) mass is 368 g/mol. The third-order valence-electron chi connectivity index (χ3n) is 4.61. The summed E-state index contributed by atoms with van der Waals surface area (Å²) in [5, 5.41) is 11.4. The first-order chi connectivity index (χ1) is 13.0. The van der Waals surface area contributed by atoms with Crippen LogP contribution in [0.4, 0.5) is 4.79 Å². The number of ether oxygens (including phenoxy) is 1. The van der Waals surface area contributed by atoms with Crippen molar-refractivity contribution in [2.45, 2.75) is 24.8 Å². The Labute approximate surface area is 156 Å². The van der Waals surface area contributed by atoms with Gasteiger partial charge in [0, 0.05) is 12.3 Å². The van der Waals surface area contributed by atoms with Gasteiger partial charge >= 0.3 is 12.1 Å². The number of carboxylic acid groups (broad SMARTS) is 1. The van der Waals surface area contributed by atoms with Crippen molar-refractivity contribution in [1.29, 1.82) is 0 Å². The molecule has 4 N–H and O–H groups in total. The van der Waals surface area contributed by atoms with Crippen molar-refractivity contribution in [3.63, 3.8) is 0 Å². The zero-order valence-corrected chi connectivity index (χ0v) is 14.6. The average molecular weight is 368 g/mol. The molecule has 0 saturated carbocycles. The molecule has 0 aliphatic heterocycles. The molecular formula is C20H20N2O5. The summed E-state index contributed by atoms with van der Waals surface area (Å²) in [4.78, 5) is 34.1. The van der Waals surface area contributed by atoms with E-state index in [1.165, 1.54) is 0 Å². The first-order valence-corrected chi connectivity index (χ1v) is 8.60. The number of carbonyl (C=O) groups is 3. The fourth-order valence-electron chi connectivity index (χ4n) is 3.33. The maximum Gasteiger partial charge on any atom is 0.407 e. The molecule has 1 aliphatic rings. The molecule has 2 aromatic rings. The van der Waals surface area contributed by atoms with Crippen molar-refractivity contribution >= 4 is 18.0 Å². The van der Waals surface area contributed by atoms with Gasteiger partial charge in [-0.25, -0.2) is 9.59 Å². The molecule has 7 heteroatoms. The molecule has 2 amide bonds. The molecule has 0 aromatic heterocycles. The Bertz CT molecular complexity index is 835. The van der Waals surface area contributed by atoms with Crippen molar-refractivity contribution in [2.24, 2.45) is 5.73 Å². The van der Waals surface area contributed by atoms with Gasteiger partial charge in [-0.1, -0.05) is 48.5 Å². The number of hydrogen-bond donors (Lipinski definition) is 3. The summed E-state index contributed by atoms with van der Waals surface area (Å²) in [5.41, 5.74) is 9.36. The van der Waals surface area contributed by atoms with E-state index >= 15 is 0 Å². The molecule has 27 heavy (non-hydrogen) atoms. The highest BCUT2D eigenvalue weighted by molar-refractivity contribution is 5.82. The molecule has 1 atom stereocenters. The summed E-state index contributed by atoms with van der Waals surface area (Å²) >= 11 is 0. The second-order valence-corrected chi connectivity index (χ2v) is 6.37. The second-order valence-electron chi connectivity index (χ2n) is 6.37. The molecule has 0 spiro atoms. The Balaban J connectivity index is 1.67. The average Bonchev–Trinajstić information content (AvgIpc) is 2.97. The van der Waals surface area contributed by atoms with Gasteiger partial charge in [-0.05, 0) is 28.7 Å². The SMILES string of the molecule is NC(=O)CC[C@@H](NC(=O)OCC1c2ccccc2-c2ccccc21)C(=O)O. The minimum absolute atomic E-state index is 0.0853. The molecular weight excluding hydrogens is 348 g/mol. The van der Waals surface area contributed by atoms with Crippen LogP contribution in [0.15, 0.2) is 48.5 Å². The molecule has 7 nitrogen and oxygen atoms in total. The molecule has 2 aromatic carbocycles. The number of nitrogens with one attached hydrogen (secondary N) is 1. The Morgan fingerprint density at radius 1 is 1.04 bits per heavy atom. The number of alkyl carbamates (subject to hydrolysis) is 1. The van der Waals surface area contributed by atoms with Crippen LogP contribution in [0.25, 0.3) is 11.1 Å². The van der Waals surface area contributed by atoms with Gasteiger partial charge in [0.1, 0.15) is 12.6 Å². The number of fused-ring (bicyclic) bond motifs is 3. The lowest BCUT2D eigenvalue weighted by molar-refractivity contribution is -0.139. The maximum absolute atomic E-state index is 12.1. The van der Waals surface area contributed by atoms with E-state index in [9.17, 15) is 14.4 Å². The van der Waals surface area contributed by atoms with E-state index < -0.39 is 24.0 Å². The summed E-state index contributed by atoms with van der Waals surface area (Å²) in [7, 11) is 0. The van der Waals surface area contributed by atoms with Gasteiger partial charge in [0.15, 0.2) is 0 Å². The van der Waals surface area contributed by atoms with E-state index in [0.29, 0.717) is 0 Å². The molecule has 3 rings (SSSR count). The Morgan fingerprint density at radius 2 is 1.59 bits per heavy atom. The van der Waals surface area contributed by atoms with Gasteiger partial charge in [-0.3, -0.25) is 4.79 Å². The number of carbonyl (C=O) groups excluding carboxylic acids is 2. The standard InChI is InChI=1S/C20H20N2O5/c21-18(23)10-9-17(19(24)25)22-20(26)27-11-16-14-7-3-1-5-12(14)13-6-2-4-8-15(13)16/h1-8,16-17H,9-11H2,(H2,21,23)(H,22,26)(H,24,25)/t17-/m1/s1. The largest absolute Gasteiger partial charge is 0.480 e. The van der Waals surface area contributed by atoms with Crippen LogP contribution >= 0.6 is 0 Å². The molecule has 140 valence electrons. The van der Waals surface area contributed by atoms with Crippen LogP contribution in [0.5, 0.6) is 0 Å². The zero-order valence-electron chi connectivity index (χ0n) is 14.6. The highest BCUT2D eigenvalue weighted by Gasteiger charge is 2.29. The minimum atomic E-state index is -1.25. The minimum Gasteiger partial charge on any atom is -0.480 e. The summed E-state index contributed by atoms with van der Waals surface area (Å²) in [6, 6.07) is 14.6. The molecule has 1 aliphatic carbocycles. The Kier molecular flexibility index (Phi) is 5.40. The molecule has 0 fully saturated rings. The Hall–Kier alpha value is -3.35. The zero-order chi connectivity index (χ0) is 19.4. The molecule has 0 bridgehead atoms. The number of rotatable bonds is 7. The third kappa shape index (κ3) is 4.08. The van der Waals surface area contributed by atoms with Crippen molar-refractivity contribution in [3.05, 3.63) is 59.7 Å². The lowest BCUT2D eigenvalue weighted by Crippen LogP contribution is -2.42. The van der Waals surface area contributed by atoms with Crippen LogP contribution in [-0.2, 0) is 14.3 Å². The van der Waals surface area contributed by atoms with E-state index in [2.05, 4.69) is 5.32 Å². The van der Waals surface area contributed by atoms with Gasteiger partial charge in [-0.15, -0.1) is 0 Å². The van der Waals surface area contributed by atoms with Crippen molar-refractivity contribution in [1.82, 2.24) is 5.32 Å². The van der Waals surface area contributed by atoms with Gasteiger partial charge in [0.05, 0.1) is 0 Å². The molecule has 0 saturated heterocycles. The summed E-state index contributed by atoms with van der Waals surface area (Å²) in [6.07, 6.45) is -1.07. The smallest absolute Gasteiger partial charge is 0.407 e. The predicted molar refractivity (Wildman–Crippen MR) is 98.1 cm³/mol. The molecule has 0 radical (unpaired) electrons. The quantitative estimate of drug-likeness (QED) is 0.692. The topological polar surface area (TPSA) is 119 Å². The fraction of sp³-hybridized carbons (Fsp3) is 0.250. The van der Waals surface area contributed by atoms with Crippen molar-refractivity contribution in [3.8, 4) is 11.1 Å².